The summed E-state index contributed by atoms with van der Waals surface area (Å²) in [4.78, 5) is 12.0. The fraction of sp³-hybridized carbons (Fsp3) is 0.0909. The third-order valence-corrected chi connectivity index (χ3v) is 4.43. The first-order valence-electron chi connectivity index (χ1n) is 8.74. The second kappa shape index (κ2) is 9.61. The maximum atomic E-state index is 12.0. The van der Waals surface area contributed by atoms with Gasteiger partial charge in [0, 0.05) is 10.6 Å². The van der Waals surface area contributed by atoms with Gasteiger partial charge in [-0.2, -0.15) is 5.10 Å². The first-order chi connectivity index (χ1) is 14.1. The van der Waals surface area contributed by atoms with Gasteiger partial charge in [-0.1, -0.05) is 41.9 Å². The molecule has 0 saturated heterocycles. The molecule has 6 nitrogen and oxygen atoms in total. The number of carbonyl (C=O) groups excluding carboxylic acids is 1. The molecular weight excluding hydrogens is 392 g/mol. The normalized spacial score (nSPS) is 10.7. The number of hydrogen-bond donors (Lipinski definition) is 2. The number of rotatable bonds is 7. The lowest BCUT2D eigenvalue weighted by atomic mass is 10.2. The van der Waals surface area contributed by atoms with Gasteiger partial charge in [-0.25, -0.2) is 5.43 Å². The number of ether oxygens (including phenoxy) is 2. The van der Waals surface area contributed by atoms with E-state index in [9.17, 15) is 9.90 Å². The maximum absolute atomic E-state index is 12.0. The molecule has 2 N–H and O–H groups in total. The summed E-state index contributed by atoms with van der Waals surface area (Å²) >= 11 is 6.15. The fourth-order valence-corrected chi connectivity index (χ4v) is 2.74. The number of phenolic OH excluding ortho intramolecular Hbond substituents is 1. The zero-order valence-electron chi connectivity index (χ0n) is 15.6. The van der Waals surface area contributed by atoms with Gasteiger partial charge in [0.05, 0.1) is 18.9 Å². The topological polar surface area (TPSA) is 80.2 Å². The van der Waals surface area contributed by atoms with Crippen LogP contribution >= 0.6 is 11.6 Å². The Labute approximate surface area is 173 Å². The summed E-state index contributed by atoms with van der Waals surface area (Å²) in [5.74, 6) is 0.462. The van der Waals surface area contributed by atoms with Gasteiger partial charge in [0.15, 0.2) is 11.5 Å². The average Bonchev–Trinajstić information content (AvgIpc) is 2.74. The highest BCUT2D eigenvalue weighted by molar-refractivity contribution is 6.31. The van der Waals surface area contributed by atoms with E-state index in [2.05, 4.69) is 10.5 Å². The maximum Gasteiger partial charge on any atom is 0.275 e. The number of aromatic hydroxyl groups is 1. The van der Waals surface area contributed by atoms with Crippen molar-refractivity contribution in [3.05, 3.63) is 88.4 Å². The molecule has 29 heavy (non-hydrogen) atoms. The lowest BCUT2D eigenvalue weighted by molar-refractivity contribution is 0.0952. The van der Waals surface area contributed by atoms with Crippen molar-refractivity contribution in [3.63, 3.8) is 0 Å². The minimum Gasteiger partial charge on any atom is -0.507 e. The van der Waals surface area contributed by atoms with Crippen LogP contribution in [0.1, 0.15) is 21.5 Å². The van der Waals surface area contributed by atoms with Crippen molar-refractivity contribution < 1.29 is 19.4 Å². The molecule has 0 spiro atoms. The molecule has 0 bridgehead atoms. The summed E-state index contributed by atoms with van der Waals surface area (Å²) in [5.41, 5.74) is 4.09. The van der Waals surface area contributed by atoms with Crippen molar-refractivity contribution in [3.8, 4) is 17.2 Å². The van der Waals surface area contributed by atoms with Crippen LogP contribution in [0.5, 0.6) is 17.2 Å². The van der Waals surface area contributed by atoms with E-state index in [4.69, 9.17) is 21.1 Å². The molecule has 0 fully saturated rings. The van der Waals surface area contributed by atoms with E-state index in [1.807, 2.05) is 18.2 Å². The third-order valence-electron chi connectivity index (χ3n) is 4.06. The molecule has 3 rings (SSSR count). The first-order valence-corrected chi connectivity index (χ1v) is 9.12. The van der Waals surface area contributed by atoms with Crippen molar-refractivity contribution >= 4 is 23.7 Å². The summed E-state index contributed by atoms with van der Waals surface area (Å²) in [7, 11) is 1.54. The Bertz CT molecular complexity index is 1040. The monoisotopic (exact) mass is 410 g/mol. The van der Waals surface area contributed by atoms with Crippen LogP contribution in [0.2, 0.25) is 5.02 Å². The van der Waals surface area contributed by atoms with Gasteiger partial charge in [0.2, 0.25) is 0 Å². The van der Waals surface area contributed by atoms with Crippen LogP contribution in [0.25, 0.3) is 0 Å². The van der Waals surface area contributed by atoms with Crippen molar-refractivity contribution in [1.82, 2.24) is 5.43 Å². The number of halogens is 1. The van der Waals surface area contributed by atoms with E-state index in [0.717, 1.165) is 5.56 Å². The molecule has 0 aromatic heterocycles. The second-order valence-electron chi connectivity index (χ2n) is 6.01. The standard InChI is InChI=1S/C22H19ClN2O4/c1-28-21-12-15(13-24-25-22(27)17-7-3-5-9-19(17)26)10-11-20(21)29-14-16-6-2-4-8-18(16)23/h2-13,26H,14H2,1H3,(H,25,27)/b24-13+. The second-order valence-corrected chi connectivity index (χ2v) is 6.41. The quantitative estimate of drug-likeness (QED) is 0.447. The Kier molecular flexibility index (Phi) is 6.71. The lowest BCUT2D eigenvalue weighted by Crippen LogP contribution is -2.17. The van der Waals surface area contributed by atoms with Crippen LogP contribution in [0.4, 0.5) is 0 Å². The zero-order chi connectivity index (χ0) is 20.6. The molecule has 3 aromatic carbocycles. The summed E-state index contributed by atoms with van der Waals surface area (Å²) in [5, 5.41) is 14.2. The van der Waals surface area contributed by atoms with Gasteiger partial charge < -0.3 is 14.6 Å². The summed E-state index contributed by atoms with van der Waals surface area (Å²) in [6.45, 7) is 0.306. The molecule has 3 aromatic rings. The van der Waals surface area contributed by atoms with E-state index in [0.29, 0.717) is 28.7 Å². The molecule has 0 saturated carbocycles. The molecule has 0 aliphatic rings. The number of methoxy groups -OCH3 is 1. The van der Waals surface area contributed by atoms with Crippen LogP contribution < -0.4 is 14.9 Å². The minimum atomic E-state index is -0.508. The van der Waals surface area contributed by atoms with Crippen molar-refractivity contribution in [1.29, 1.82) is 0 Å². The molecular formula is C22H19ClN2O4. The number of carbonyl (C=O) groups is 1. The van der Waals surface area contributed by atoms with Crippen LogP contribution in [0.15, 0.2) is 71.8 Å². The highest BCUT2D eigenvalue weighted by atomic mass is 35.5. The molecule has 0 heterocycles. The Morgan fingerprint density at radius 2 is 1.86 bits per heavy atom. The van der Waals surface area contributed by atoms with Gasteiger partial charge in [-0.3, -0.25) is 4.79 Å². The molecule has 0 aliphatic heterocycles. The number of para-hydroxylation sites is 1. The summed E-state index contributed by atoms with van der Waals surface area (Å²) in [6.07, 6.45) is 1.47. The number of amides is 1. The SMILES string of the molecule is COc1cc(/C=N/NC(=O)c2ccccc2O)ccc1OCc1ccccc1Cl. The zero-order valence-corrected chi connectivity index (χ0v) is 16.4. The Morgan fingerprint density at radius 3 is 2.62 bits per heavy atom. The third kappa shape index (κ3) is 5.27. The van der Waals surface area contributed by atoms with E-state index < -0.39 is 5.91 Å². The smallest absolute Gasteiger partial charge is 0.275 e. The largest absolute Gasteiger partial charge is 0.507 e. The molecule has 7 heteroatoms. The molecule has 1 amide bonds. The average molecular weight is 411 g/mol. The van der Waals surface area contributed by atoms with Crippen molar-refractivity contribution in [2.75, 3.05) is 7.11 Å². The molecule has 0 unspecified atom stereocenters. The van der Waals surface area contributed by atoms with Crippen LogP contribution in [0, 0.1) is 0 Å². The number of hydrogen-bond acceptors (Lipinski definition) is 5. The van der Waals surface area contributed by atoms with Crippen LogP contribution in [-0.4, -0.2) is 24.3 Å². The number of phenols is 1. The highest BCUT2D eigenvalue weighted by Gasteiger charge is 2.09. The Balaban J connectivity index is 1.65. The van der Waals surface area contributed by atoms with Gasteiger partial charge in [-0.05, 0) is 42.0 Å². The van der Waals surface area contributed by atoms with Crippen molar-refractivity contribution in [2.24, 2.45) is 5.10 Å². The first kappa shape index (κ1) is 20.2. The molecule has 148 valence electrons. The number of hydrazone groups is 1. The van der Waals surface area contributed by atoms with E-state index >= 15 is 0 Å². The van der Waals surface area contributed by atoms with E-state index in [1.54, 1.807) is 43.5 Å². The van der Waals surface area contributed by atoms with Gasteiger partial charge in [0.1, 0.15) is 12.4 Å². The Hall–Kier alpha value is -3.51. The number of nitrogens with zero attached hydrogens (tertiary/aromatic N) is 1. The predicted molar refractivity (Wildman–Crippen MR) is 112 cm³/mol. The minimum absolute atomic E-state index is 0.109. The van der Waals surface area contributed by atoms with E-state index in [1.165, 1.54) is 18.3 Å². The van der Waals surface area contributed by atoms with Crippen LogP contribution in [-0.2, 0) is 6.61 Å². The molecule has 0 radical (unpaired) electrons. The Morgan fingerprint density at radius 1 is 1.10 bits per heavy atom. The van der Waals surface area contributed by atoms with Gasteiger partial charge >= 0.3 is 0 Å². The predicted octanol–water partition coefficient (Wildman–Crippen LogP) is 4.40. The molecule has 0 atom stereocenters. The number of nitrogens with one attached hydrogen (secondary N) is 1. The van der Waals surface area contributed by atoms with Crippen molar-refractivity contribution in [2.45, 2.75) is 6.61 Å². The summed E-state index contributed by atoms with van der Waals surface area (Å²) < 4.78 is 11.2. The molecule has 0 aliphatic carbocycles. The number of benzene rings is 3. The van der Waals surface area contributed by atoms with Crippen LogP contribution in [0.3, 0.4) is 0 Å². The van der Waals surface area contributed by atoms with Gasteiger partial charge in [0.25, 0.3) is 5.91 Å². The summed E-state index contributed by atoms with van der Waals surface area (Å²) in [6, 6.07) is 19.0. The lowest BCUT2D eigenvalue weighted by Gasteiger charge is -2.12. The van der Waals surface area contributed by atoms with Gasteiger partial charge in [-0.15, -0.1) is 0 Å². The highest BCUT2D eigenvalue weighted by Crippen LogP contribution is 2.29. The fourth-order valence-electron chi connectivity index (χ4n) is 2.55. The van der Waals surface area contributed by atoms with E-state index in [-0.39, 0.29) is 11.3 Å².